The molecule has 5 aliphatic rings. The second kappa shape index (κ2) is 16.4. The number of carbonyl (C=O) groups excluding carboxylic acids is 6. The van der Waals surface area contributed by atoms with Crippen LogP contribution in [0.15, 0.2) is 0 Å². The minimum Gasteiger partial charge on any atom is -0.481 e. The van der Waals surface area contributed by atoms with Crippen LogP contribution >= 0.6 is 0 Å². The molecule has 0 aromatic carbocycles. The van der Waals surface area contributed by atoms with Gasteiger partial charge in [-0.15, -0.1) is 0 Å². The van der Waals surface area contributed by atoms with Crippen LogP contribution in [0.2, 0.25) is 0 Å². The maximum absolute atomic E-state index is 13.2. The Kier molecular flexibility index (Phi) is 13.1. The van der Waals surface area contributed by atoms with E-state index in [1.807, 2.05) is 13.8 Å². The van der Waals surface area contributed by atoms with E-state index in [9.17, 15) is 38.7 Å². The molecule has 284 valence electrons. The summed E-state index contributed by atoms with van der Waals surface area (Å²) in [5, 5.41) is 9.40. The number of ketones is 2. The average Bonchev–Trinajstić information content (AvgIpc) is 3.61. The molecule has 52 heavy (non-hydrogen) atoms. The van der Waals surface area contributed by atoms with Gasteiger partial charge in [-0.1, -0.05) is 13.8 Å². The molecule has 3 saturated heterocycles. The fourth-order valence-corrected chi connectivity index (χ4v) is 9.22. The van der Waals surface area contributed by atoms with Crippen LogP contribution in [0.25, 0.3) is 0 Å². The molecule has 0 aromatic rings. The van der Waals surface area contributed by atoms with Crippen molar-refractivity contribution in [2.45, 2.75) is 154 Å². The van der Waals surface area contributed by atoms with Gasteiger partial charge in [-0.25, -0.2) is 9.69 Å². The molecule has 14 nitrogen and oxygen atoms in total. The molecule has 9 atom stereocenters. The zero-order valence-corrected chi connectivity index (χ0v) is 31.5. The van der Waals surface area contributed by atoms with E-state index in [0.29, 0.717) is 51.4 Å². The summed E-state index contributed by atoms with van der Waals surface area (Å²) >= 11 is 0. The predicted octanol–water partition coefficient (Wildman–Crippen LogP) is 4.18. The number of carboxylic acids is 1. The Labute approximate surface area is 308 Å². The van der Waals surface area contributed by atoms with Crippen LogP contribution in [0.5, 0.6) is 0 Å². The molecule has 0 spiro atoms. The summed E-state index contributed by atoms with van der Waals surface area (Å²) in [7, 11) is 11.1. The van der Waals surface area contributed by atoms with Gasteiger partial charge in [0.05, 0.1) is 36.3 Å². The number of carbonyl (C=O) groups is 7. The van der Waals surface area contributed by atoms with Crippen LogP contribution in [-0.4, -0.2) is 125 Å². The van der Waals surface area contributed by atoms with Gasteiger partial charge in [-0.05, 0) is 85.0 Å². The van der Waals surface area contributed by atoms with Gasteiger partial charge in [0.2, 0.25) is 21.6 Å². The van der Waals surface area contributed by atoms with Gasteiger partial charge < -0.3 is 29.1 Å². The lowest BCUT2D eigenvalue weighted by Crippen LogP contribution is -2.48. The Morgan fingerprint density at radius 2 is 1.19 bits per heavy atom. The molecule has 5 unspecified atom stereocenters. The largest absolute Gasteiger partial charge is 0.481 e. The lowest BCUT2D eigenvalue weighted by atomic mass is 9.74. The summed E-state index contributed by atoms with van der Waals surface area (Å²) in [5.74, 6) is -3.52. The third kappa shape index (κ3) is 8.75. The van der Waals surface area contributed by atoms with Crippen molar-refractivity contribution in [1.82, 2.24) is 14.7 Å². The molecule has 3 aliphatic heterocycles. The Morgan fingerprint density at radius 1 is 0.769 bits per heavy atom. The highest BCUT2D eigenvalue weighted by Crippen LogP contribution is 2.42. The van der Waals surface area contributed by atoms with Crippen LogP contribution in [0.4, 0.5) is 14.4 Å². The van der Waals surface area contributed by atoms with Gasteiger partial charge in [0.15, 0.2) is 11.6 Å². The van der Waals surface area contributed by atoms with E-state index in [-0.39, 0.29) is 79.1 Å². The monoisotopic (exact) mass is 725 g/mol. The molecule has 4 radical (unpaired) electrons. The first-order chi connectivity index (χ1) is 24.2. The SMILES string of the molecule is [B]C(=O)N1[C@@H](CC)[C@@H](CC2CC(=O)CCC2C(=O)N2C(=O)OCC2C)OC1(C)C.[B]C(=O)N1[C@@H](CC)[C@@H](CC2CC(=O)CCC2C(=O)O)OC1(C)C. The van der Waals surface area contributed by atoms with Gasteiger partial charge in [0.1, 0.15) is 29.6 Å². The maximum Gasteiger partial charge on any atom is 0.416 e. The molecule has 1 N–H and O–H groups in total. The number of ether oxygens (including phenoxy) is 3. The number of carboxylic acid groups (broad SMARTS) is 1. The molecule has 0 aromatic heterocycles. The van der Waals surface area contributed by atoms with Crippen molar-refractivity contribution in [3.05, 3.63) is 0 Å². The average molecular weight is 725 g/mol. The van der Waals surface area contributed by atoms with E-state index >= 15 is 0 Å². The van der Waals surface area contributed by atoms with E-state index in [4.69, 9.17) is 29.9 Å². The zero-order chi connectivity index (χ0) is 38.9. The predicted molar refractivity (Wildman–Crippen MR) is 188 cm³/mol. The van der Waals surface area contributed by atoms with Crippen LogP contribution < -0.4 is 0 Å². The van der Waals surface area contributed by atoms with E-state index in [1.54, 1.807) is 39.5 Å². The third-order valence-electron chi connectivity index (χ3n) is 11.5. The molecule has 16 heteroatoms. The number of rotatable bonds is 8. The first-order valence-electron chi connectivity index (χ1n) is 18.5. The third-order valence-corrected chi connectivity index (χ3v) is 11.5. The molecule has 2 aliphatic carbocycles. The number of amides is 4. The zero-order valence-electron chi connectivity index (χ0n) is 31.5. The normalized spacial score (nSPS) is 34.1. The number of Topliss-reactive ketones (excluding diaryl/α,β-unsaturated/α-hetero) is 2. The van der Waals surface area contributed by atoms with Crippen LogP contribution in [0.1, 0.15) is 113 Å². The number of nitrogens with zero attached hydrogens (tertiary/aromatic N) is 3. The van der Waals surface area contributed by atoms with E-state index in [2.05, 4.69) is 0 Å². The quantitative estimate of drug-likeness (QED) is 0.355. The number of hydrogen-bond acceptors (Lipinski definition) is 10. The Balaban J connectivity index is 0.000000239. The minimum absolute atomic E-state index is 0.101. The lowest BCUT2D eigenvalue weighted by molar-refractivity contribution is -0.147. The molecule has 2 saturated carbocycles. The van der Waals surface area contributed by atoms with Crippen molar-refractivity contribution in [2.24, 2.45) is 23.7 Å². The molecule has 5 fully saturated rings. The summed E-state index contributed by atoms with van der Waals surface area (Å²) in [6.45, 7) is 13.0. The van der Waals surface area contributed by atoms with Gasteiger partial charge in [0.25, 0.3) is 0 Å². The maximum atomic E-state index is 13.2. The van der Waals surface area contributed by atoms with Crippen LogP contribution in [-0.2, 0) is 33.4 Å². The smallest absolute Gasteiger partial charge is 0.416 e. The van der Waals surface area contributed by atoms with Crippen molar-refractivity contribution in [3.8, 4) is 0 Å². The summed E-state index contributed by atoms with van der Waals surface area (Å²) < 4.78 is 17.2. The van der Waals surface area contributed by atoms with Crippen molar-refractivity contribution in [1.29, 1.82) is 0 Å². The first kappa shape index (κ1) is 41.5. The second-order valence-electron chi connectivity index (χ2n) is 15.8. The topological polar surface area (TPSA) is 177 Å². The van der Waals surface area contributed by atoms with Crippen molar-refractivity contribution in [3.63, 3.8) is 0 Å². The van der Waals surface area contributed by atoms with Crippen LogP contribution in [0.3, 0.4) is 0 Å². The molecule has 3 heterocycles. The summed E-state index contributed by atoms with van der Waals surface area (Å²) in [6, 6.07) is -0.747. The standard InChI is InChI=1S/C20H29BN2O6.C16H24BNO5/c1-5-15-16(29-20(3,4)23(15)18(21)26)9-12-8-13(24)6-7-14(12)17(25)22-11(2)10-28-19(22)27;1-4-12-13(23-16(2,3)18(12)15(17)22)8-9-7-10(19)5-6-11(9)14(20)21/h11-12,14-16H,5-10H2,1-4H3;9,11-13H,4-8H2,1-3H3,(H,20,21)/t11?,12?,14?,15-,16+;9?,11?,12-,13+/m00/s1. The fourth-order valence-electron chi connectivity index (χ4n) is 9.22. The van der Waals surface area contributed by atoms with Crippen molar-refractivity contribution >= 4 is 56.8 Å². The highest BCUT2D eigenvalue weighted by Gasteiger charge is 2.51. The molecule has 5 rings (SSSR count). The number of aliphatic carboxylic acids is 1. The Hall–Kier alpha value is -3.26. The van der Waals surface area contributed by atoms with Gasteiger partial charge >= 0.3 is 12.1 Å². The highest BCUT2D eigenvalue weighted by molar-refractivity contribution is 6.57. The number of hydrogen-bond donors (Lipinski definition) is 1. The first-order valence-corrected chi connectivity index (χ1v) is 18.5. The molecule has 0 bridgehead atoms. The molecule has 4 amide bonds. The lowest BCUT2D eigenvalue weighted by Gasteiger charge is -2.35. The molecular weight excluding hydrogens is 672 g/mol. The van der Waals surface area contributed by atoms with Crippen LogP contribution in [0, 0.1) is 23.7 Å². The summed E-state index contributed by atoms with van der Waals surface area (Å²) in [6.07, 6.45) is 2.92. The fraction of sp³-hybridized carbons (Fsp3) is 0.806. The number of imide groups is 1. The number of cyclic esters (lactones) is 1. The Morgan fingerprint density at radius 3 is 1.56 bits per heavy atom. The second-order valence-corrected chi connectivity index (χ2v) is 15.8. The van der Waals surface area contributed by atoms with E-state index < -0.39 is 47.0 Å². The van der Waals surface area contributed by atoms with Gasteiger partial charge in [-0.3, -0.25) is 28.8 Å². The van der Waals surface area contributed by atoms with Gasteiger partial charge in [0, 0.05) is 31.6 Å². The van der Waals surface area contributed by atoms with Crippen molar-refractivity contribution < 1.29 is 52.9 Å². The van der Waals surface area contributed by atoms with Crippen molar-refractivity contribution in [2.75, 3.05) is 6.61 Å². The summed E-state index contributed by atoms with van der Waals surface area (Å²) in [5.41, 5.74) is -1.68. The highest BCUT2D eigenvalue weighted by atomic mass is 16.6. The van der Waals surface area contributed by atoms with E-state index in [1.165, 1.54) is 9.80 Å². The van der Waals surface area contributed by atoms with E-state index in [0.717, 1.165) is 0 Å². The van der Waals surface area contributed by atoms with Gasteiger partial charge in [-0.2, -0.15) is 0 Å². The Bertz CT molecular complexity index is 1420. The minimum atomic E-state index is -0.862. The summed E-state index contributed by atoms with van der Waals surface area (Å²) in [4.78, 5) is 88.6. The molecular formula is C36H53B2N3O11.